The van der Waals surface area contributed by atoms with Gasteiger partial charge in [-0.15, -0.1) is 0 Å². The number of nitrogens with zero attached hydrogens (tertiary/aromatic N) is 1. The van der Waals surface area contributed by atoms with E-state index in [9.17, 15) is 0 Å². The number of nitrogens with one attached hydrogen (secondary N) is 1. The summed E-state index contributed by atoms with van der Waals surface area (Å²) in [5, 5.41) is 3.20. The van der Waals surface area contributed by atoms with E-state index in [0.29, 0.717) is 5.88 Å². The number of hydrogen-bond acceptors (Lipinski definition) is 3. The van der Waals surface area contributed by atoms with Crippen LogP contribution in [0.5, 0.6) is 11.6 Å². The van der Waals surface area contributed by atoms with Crippen molar-refractivity contribution in [3.05, 3.63) is 52.1 Å². The van der Waals surface area contributed by atoms with Gasteiger partial charge in [0.15, 0.2) is 0 Å². The summed E-state index contributed by atoms with van der Waals surface area (Å²) in [4.78, 5) is 4.32. The average Bonchev–Trinajstić information content (AvgIpc) is 2.41. The molecule has 1 unspecified atom stereocenters. The fourth-order valence-corrected chi connectivity index (χ4v) is 2.34. The minimum Gasteiger partial charge on any atom is -0.437 e. The highest BCUT2D eigenvalue weighted by Crippen LogP contribution is 2.32. The lowest BCUT2D eigenvalue weighted by Crippen LogP contribution is -2.13. The van der Waals surface area contributed by atoms with Gasteiger partial charge in [0, 0.05) is 17.8 Å². The zero-order valence-electron chi connectivity index (χ0n) is 11.3. The Labute approximate surface area is 122 Å². The highest BCUT2D eigenvalue weighted by molar-refractivity contribution is 9.10. The first kappa shape index (κ1) is 14.0. The Morgan fingerprint density at radius 3 is 2.79 bits per heavy atom. The number of rotatable bonds is 4. The zero-order valence-corrected chi connectivity index (χ0v) is 12.9. The van der Waals surface area contributed by atoms with Crippen molar-refractivity contribution in [2.75, 3.05) is 7.05 Å². The summed E-state index contributed by atoms with van der Waals surface area (Å²) in [5.74, 6) is 1.41. The van der Waals surface area contributed by atoms with Crippen LogP contribution in [0.1, 0.15) is 24.1 Å². The minimum atomic E-state index is 0.188. The number of benzene rings is 1. The topological polar surface area (TPSA) is 34.2 Å². The summed E-state index contributed by atoms with van der Waals surface area (Å²) < 4.78 is 6.85. The Balaban J connectivity index is 2.33. The van der Waals surface area contributed by atoms with E-state index in [1.165, 1.54) is 5.56 Å². The highest BCUT2D eigenvalue weighted by Gasteiger charge is 2.12. The van der Waals surface area contributed by atoms with Gasteiger partial charge in [0.05, 0.1) is 4.47 Å². The lowest BCUT2D eigenvalue weighted by atomic mass is 10.1. The molecule has 1 atom stereocenters. The first-order valence-corrected chi connectivity index (χ1v) is 6.97. The van der Waals surface area contributed by atoms with Crippen molar-refractivity contribution in [1.82, 2.24) is 10.3 Å². The minimum absolute atomic E-state index is 0.188. The Kier molecular flexibility index (Phi) is 4.56. The van der Waals surface area contributed by atoms with Gasteiger partial charge in [-0.1, -0.05) is 12.1 Å². The number of aromatic nitrogens is 1. The zero-order chi connectivity index (χ0) is 13.8. The summed E-state index contributed by atoms with van der Waals surface area (Å²) in [6.45, 7) is 4.12. The molecule has 2 rings (SSSR count). The Morgan fingerprint density at radius 2 is 2.11 bits per heavy atom. The summed E-state index contributed by atoms with van der Waals surface area (Å²) in [5.41, 5.74) is 2.22. The fourth-order valence-electron chi connectivity index (χ4n) is 1.77. The number of aryl methyl sites for hydroxylation is 1. The van der Waals surface area contributed by atoms with Crippen LogP contribution >= 0.6 is 15.9 Å². The molecule has 0 bridgehead atoms. The van der Waals surface area contributed by atoms with Crippen molar-refractivity contribution in [3.8, 4) is 11.6 Å². The molecule has 19 heavy (non-hydrogen) atoms. The predicted octanol–water partition coefficient (Wildman–Crippen LogP) is 4.23. The van der Waals surface area contributed by atoms with Crippen LogP contribution in [0.4, 0.5) is 0 Å². The van der Waals surface area contributed by atoms with Crippen LogP contribution in [0.3, 0.4) is 0 Å². The van der Waals surface area contributed by atoms with Gasteiger partial charge in [-0.2, -0.15) is 0 Å². The molecule has 0 radical (unpaired) electrons. The standard InChI is InChI=1S/C15H17BrN2O/c1-10-6-7-14(13(16)9-10)19-15-12(11(2)17-3)5-4-8-18-15/h4-9,11,17H,1-3H3. The summed E-state index contributed by atoms with van der Waals surface area (Å²) in [6.07, 6.45) is 1.74. The lowest BCUT2D eigenvalue weighted by molar-refractivity contribution is 0.444. The van der Waals surface area contributed by atoms with Crippen molar-refractivity contribution in [2.45, 2.75) is 19.9 Å². The van der Waals surface area contributed by atoms with E-state index < -0.39 is 0 Å². The SMILES string of the molecule is CNC(C)c1cccnc1Oc1ccc(C)cc1Br. The van der Waals surface area contributed by atoms with E-state index in [-0.39, 0.29) is 6.04 Å². The van der Waals surface area contributed by atoms with Crippen LogP contribution in [0.15, 0.2) is 41.0 Å². The van der Waals surface area contributed by atoms with Crippen LogP contribution in [0, 0.1) is 6.92 Å². The second-order valence-corrected chi connectivity index (χ2v) is 5.30. The smallest absolute Gasteiger partial charge is 0.224 e. The maximum atomic E-state index is 5.92. The fraction of sp³-hybridized carbons (Fsp3) is 0.267. The Bertz CT molecular complexity index is 572. The predicted molar refractivity (Wildman–Crippen MR) is 80.7 cm³/mol. The quantitative estimate of drug-likeness (QED) is 0.915. The van der Waals surface area contributed by atoms with Gasteiger partial charge in [0.1, 0.15) is 5.75 Å². The van der Waals surface area contributed by atoms with E-state index in [1.54, 1.807) is 6.20 Å². The molecule has 0 spiro atoms. The van der Waals surface area contributed by atoms with Crippen molar-refractivity contribution in [3.63, 3.8) is 0 Å². The molecule has 1 aromatic heterocycles. The van der Waals surface area contributed by atoms with E-state index in [1.807, 2.05) is 44.3 Å². The van der Waals surface area contributed by atoms with Gasteiger partial charge in [0.2, 0.25) is 5.88 Å². The molecule has 0 saturated heterocycles. The Morgan fingerprint density at radius 1 is 1.32 bits per heavy atom. The van der Waals surface area contributed by atoms with E-state index in [2.05, 4.69) is 33.2 Å². The van der Waals surface area contributed by atoms with E-state index in [4.69, 9.17) is 4.74 Å². The maximum absolute atomic E-state index is 5.92. The van der Waals surface area contributed by atoms with Crippen LogP contribution in [-0.4, -0.2) is 12.0 Å². The monoisotopic (exact) mass is 320 g/mol. The van der Waals surface area contributed by atoms with Crippen LogP contribution in [-0.2, 0) is 0 Å². The largest absolute Gasteiger partial charge is 0.437 e. The third-order valence-corrected chi connectivity index (χ3v) is 3.61. The third-order valence-electron chi connectivity index (χ3n) is 2.99. The molecule has 100 valence electrons. The molecule has 1 N–H and O–H groups in total. The molecule has 3 nitrogen and oxygen atoms in total. The molecule has 0 aliphatic heterocycles. The highest BCUT2D eigenvalue weighted by atomic mass is 79.9. The van der Waals surface area contributed by atoms with Crippen molar-refractivity contribution in [1.29, 1.82) is 0 Å². The van der Waals surface area contributed by atoms with Crippen LogP contribution < -0.4 is 10.1 Å². The number of pyridine rings is 1. The summed E-state index contributed by atoms with van der Waals surface area (Å²) >= 11 is 3.51. The second-order valence-electron chi connectivity index (χ2n) is 4.44. The molecular formula is C15H17BrN2O. The van der Waals surface area contributed by atoms with Gasteiger partial charge in [0.25, 0.3) is 0 Å². The van der Waals surface area contributed by atoms with E-state index >= 15 is 0 Å². The third kappa shape index (κ3) is 3.33. The normalized spacial score (nSPS) is 12.2. The number of hydrogen-bond donors (Lipinski definition) is 1. The number of halogens is 1. The van der Waals surface area contributed by atoms with Gasteiger partial charge < -0.3 is 10.1 Å². The molecule has 1 heterocycles. The molecule has 4 heteroatoms. The summed E-state index contributed by atoms with van der Waals surface area (Å²) in [6, 6.07) is 10.1. The average molecular weight is 321 g/mol. The van der Waals surface area contributed by atoms with Gasteiger partial charge in [-0.3, -0.25) is 0 Å². The van der Waals surface area contributed by atoms with Crippen LogP contribution in [0.25, 0.3) is 0 Å². The van der Waals surface area contributed by atoms with Gasteiger partial charge in [-0.25, -0.2) is 4.98 Å². The maximum Gasteiger partial charge on any atom is 0.224 e. The van der Waals surface area contributed by atoms with Gasteiger partial charge >= 0.3 is 0 Å². The first-order chi connectivity index (χ1) is 9.11. The molecule has 0 saturated carbocycles. The van der Waals surface area contributed by atoms with Crippen molar-refractivity contribution < 1.29 is 4.74 Å². The molecular weight excluding hydrogens is 304 g/mol. The Hall–Kier alpha value is -1.39. The lowest BCUT2D eigenvalue weighted by Gasteiger charge is -2.15. The molecule has 1 aromatic carbocycles. The molecule has 0 fully saturated rings. The van der Waals surface area contributed by atoms with Gasteiger partial charge in [-0.05, 0) is 60.6 Å². The molecule has 0 aliphatic carbocycles. The number of ether oxygens (including phenoxy) is 1. The van der Waals surface area contributed by atoms with Crippen molar-refractivity contribution >= 4 is 15.9 Å². The second kappa shape index (κ2) is 6.17. The molecule has 0 amide bonds. The van der Waals surface area contributed by atoms with E-state index in [0.717, 1.165) is 15.8 Å². The molecule has 2 aromatic rings. The van der Waals surface area contributed by atoms with Crippen molar-refractivity contribution in [2.24, 2.45) is 0 Å². The first-order valence-electron chi connectivity index (χ1n) is 6.18. The van der Waals surface area contributed by atoms with Crippen LogP contribution in [0.2, 0.25) is 0 Å². The molecule has 0 aliphatic rings. The summed E-state index contributed by atoms with van der Waals surface area (Å²) in [7, 11) is 1.92.